The summed E-state index contributed by atoms with van der Waals surface area (Å²) in [5.41, 5.74) is 7.16. The highest BCUT2D eigenvalue weighted by atomic mass is 35.5. The summed E-state index contributed by atoms with van der Waals surface area (Å²) in [6.07, 6.45) is 9.58. The summed E-state index contributed by atoms with van der Waals surface area (Å²) in [5, 5.41) is 16.3. The first-order chi connectivity index (χ1) is 40.6. The Kier molecular flexibility index (Phi) is 18.4. The van der Waals surface area contributed by atoms with Crippen LogP contribution in [0.25, 0.3) is 44.7 Å². The third-order valence-corrected chi connectivity index (χ3v) is 17.8. The number of rotatable bonds is 14. The molecule has 1 saturated heterocycles. The number of pyridine rings is 2. The second kappa shape index (κ2) is 25.2. The van der Waals surface area contributed by atoms with Crippen molar-refractivity contribution in [1.82, 2.24) is 48.6 Å². The molecule has 0 saturated carbocycles. The van der Waals surface area contributed by atoms with Crippen LogP contribution >= 0.6 is 11.6 Å². The Morgan fingerprint density at radius 3 is 1.38 bits per heavy atom. The average Bonchev–Trinajstić information content (AvgIpc) is 2.72. The van der Waals surface area contributed by atoms with Crippen LogP contribution < -0.4 is 25.5 Å². The van der Waals surface area contributed by atoms with E-state index in [1.807, 2.05) is 137 Å². The number of aromatic nitrogens is 8. The molecule has 0 aliphatic carbocycles. The minimum absolute atomic E-state index is 0.0397. The van der Waals surface area contributed by atoms with Crippen LogP contribution in [0.2, 0.25) is 5.28 Å². The first-order valence-electron chi connectivity index (χ1n) is 28.1. The molecular weight excluding hydrogens is 1140 g/mol. The molecule has 0 bridgehead atoms. The van der Waals surface area contributed by atoms with Crippen LogP contribution in [-0.2, 0) is 29.4 Å². The Morgan fingerprint density at radius 2 is 0.930 bits per heavy atom. The number of benzene rings is 4. The van der Waals surface area contributed by atoms with Gasteiger partial charge in [-0.3, -0.25) is 9.97 Å². The molecule has 86 heavy (non-hydrogen) atoms. The van der Waals surface area contributed by atoms with Gasteiger partial charge in [-0.2, -0.15) is 4.98 Å². The number of fused-ring (bicyclic) bond motifs is 2. The zero-order valence-corrected chi connectivity index (χ0v) is 52.7. The van der Waals surface area contributed by atoms with Crippen molar-refractivity contribution >= 4 is 66.9 Å². The third-order valence-electron chi connectivity index (χ3n) is 14.2. The van der Waals surface area contributed by atoms with Gasteiger partial charge in [0, 0.05) is 70.4 Å². The molecule has 4 aromatic carbocycles. The molecule has 4 N–H and O–H groups in total. The van der Waals surface area contributed by atoms with Crippen LogP contribution in [0, 0.1) is 0 Å². The number of nitrogens with zero attached hydrogens (tertiary/aromatic N) is 8. The van der Waals surface area contributed by atoms with E-state index in [0.717, 1.165) is 44.7 Å². The van der Waals surface area contributed by atoms with E-state index in [1.54, 1.807) is 75.1 Å². The number of nitrogens with one attached hydrogen (secondary N) is 4. The SMILES string of the molecule is CC(C)(C)NS(=O)(=O)c1cncc(B2OC(C)(C)C(C)(C)O2)c1.CC(Nc1nc(-c2cncc(S(=O)(=O)NC(C)(C)C)c2)nn2ccc(-c3ccccc3)c12)c1ccccc1.CC(Nc1nc(Cl)nn2ccc(-c3ccccc3)c12)c1ccccc1. The van der Waals surface area contributed by atoms with Crippen molar-refractivity contribution in [2.75, 3.05) is 10.6 Å². The van der Waals surface area contributed by atoms with Gasteiger partial charge in [0.05, 0.1) is 28.2 Å². The van der Waals surface area contributed by atoms with Crippen LogP contribution in [0.4, 0.5) is 11.6 Å². The van der Waals surface area contributed by atoms with Crippen LogP contribution in [0.1, 0.15) is 106 Å². The molecule has 6 aromatic heterocycles. The summed E-state index contributed by atoms with van der Waals surface area (Å²) >= 11 is 6.13. The fourth-order valence-corrected chi connectivity index (χ4v) is 12.4. The molecule has 0 spiro atoms. The van der Waals surface area contributed by atoms with Crippen molar-refractivity contribution in [1.29, 1.82) is 0 Å². The predicted molar refractivity (Wildman–Crippen MR) is 342 cm³/mol. The van der Waals surface area contributed by atoms with Gasteiger partial charge in [0.1, 0.15) is 15.9 Å². The van der Waals surface area contributed by atoms with Crippen LogP contribution in [0.3, 0.4) is 0 Å². The smallest absolute Gasteiger partial charge is 0.399 e. The number of hydrogen-bond donors (Lipinski definition) is 4. The highest BCUT2D eigenvalue weighted by Crippen LogP contribution is 2.38. The molecule has 18 nitrogen and oxygen atoms in total. The van der Waals surface area contributed by atoms with E-state index in [-0.39, 0.29) is 27.2 Å². The Hall–Kier alpha value is -7.89. The van der Waals surface area contributed by atoms with Gasteiger partial charge in [-0.25, -0.2) is 40.3 Å². The lowest BCUT2D eigenvalue weighted by molar-refractivity contribution is 0.00578. The summed E-state index contributed by atoms with van der Waals surface area (Å²) in [6.45, 7) is 22.7. The molecule has 7 heterocycles. The molecule has 10 aromatic rings. The van der Waals surface area contributed by atoms with E-state index in [2.05, 4.69) is 90.4 Å². The zero-order chi connectivity index (χ0) is 61.8. The largest absolute Gasteiger partial charge is 0.496 e. The lowest BCUT2D eigenvalue weighted by atomic mass is 9.80. The van der Waals surface area contributed by atoms with E-state index in [9.17, 15) is 16.8 Å². The molecule has 1 aliphatic heterocycles. The van der Waals surface area contributed by atoms with E-state index < -0.39 is 49.4 Å². The second-order valence-corrected chi connectivity index (χ2v) is 27.7. The van der Waals surface area contributed by atoms with Gasteiger partial charge < -0.3 is 19.9 Å². The van der Waals surface area contributed by atoms with E-state index in [0.29, 0.717) is 22.7 Å². The fourth-order valence-electron chi connectivity index (χ4n) is 9.41. The van der Waals surface area contributed by atoms with Crippen LogP contribution in [-0.4, -0.2) is 85.4 Å². The number of hydrogen-bond acceptors (Lipinski definition) is 14. The molecular formula is C64H72BClN12O6S2. The first-order valence-corrected chi connectivity index (χ1v) is 31.4. The van der Waals surface area contributed by atoms with Crippen molar-refractivity contribution in [3.8, 4) is 33.6 Å². The van der Waals surface area contributed by atoms with Crippen LogP contribution in [0.15, 0.2) is 193 Å². The van der Waals surface area contributed by atoms with Crippen molar-refractivity contribution in [3.05, 3.63) is 199 Å². The van der Waals surface area contributed by atoms with Gasteiger partial charge in [0.25, 0.3) is 0 Å². The Morgan fingerprint density at radius 1 is 0.523 bits per heavy atom. The Labute approximate surface area is 509 Å². The molecule has 1 fully saturated rings. The summed E-state index contributed by atoms with van der Waals surface area (Å²) in [4.78, 5) is 17.7. The monoisotopic (exact) mass is 1210 g/mol. The number of halogens is 1. The summed E-state index contributed by atoms with van der Waals surface area (Å²) in [5.74, 6) is 1.72. The highest BCUT2D eigenvalue weighted by molar-refractivity contribution is 7.89. The lowest BCUT2D eigenvalue weighted by Gasteiger charge is -2.32. The molecule has 22 heteroatoms. The molecule has 2 atom stereocenters. The van der Waals surface area contributed by atoms with Gasteiger partial charge in [-0.1, -0.05) is 121 Å². The topological polar surface area (TPSA) is 221 Å². The third kappa shape index (κ3) is 15.0. The number of sulfonamides is 2. The second-order valence-electron chi connectivity index (χ2n) is 24.0. The van der Waals surface area contributed by atoms with Crippen LogP contribution in [0.5, 0.6) is 0 Å². The zero-order valence-electron chi connectivity index (χ0n) is 50.3. The Balaban J connectivity index is 0.000000161. The maximum atomic E-state index is 13.0. The van der Waals surface area contributed by atoms with Gasteiger partial charge in [-0.05, 0) is 141 Å². The molecule has 0 radical (unpaired) electrons. The minimum Gasteiger partial charge on any atom is -0.399 e. The standard InChI is InChI=1S/C29H30N6O2S.C20H17ClN4.C15H25BN2O4S/c1-20(21-11-7-5-8-12-21)31-28-26-25(22-13-9-6-10-14-22)15-16-35(26)33-27(32-28)23-17-24(19-30-18-23)38(36,37)34-29(2,3)4;1-14(15-8-4-2-5-9-15)22-19-18-17(16-10-6-3-7-11-16)12-13-25(18)24-20(21)23-19;1-13(2,3)18-23(19,20)12-8-11(9-17-10-12)16-21-14(4,5)15(6,7)22-16/h5-20,34H,1-4H3,(H,31,32,33);2-14H,1H3,(H,22,23,24);8-10,18H,1-7H3. The molecule has 446 valence electrons. The summed E-state index contributed by atoms with van der Waals surface area (Å²) in [7, 11) is -8.07. The average molecular weight is 1220 g/mol. The quantitative estimate of drug-likeness (QED) is 0.0744. The van der Waals surface area contributed by atoms with E-state index in [1.165, 1.54) is 18.0 Å². The first kappa shape index (κ1) is 62.6. The lowest BCUT2D eigenvalue weighted by Crippen LogP contribution is -2.41. The predicted octanol–water partition coefficient (Wildman–Crippen LogP) is 12.4. The minimum atomic E-state index is -3.78. The maximum Gasteiger partial charge on any atom is 0.496 e. The van der Waals surface area contributed by atoms with E-state index in [4.69, 9.17) is 31.0 Å². The van der Waals surface area contributed by atoms with Gasteiger partial charge in [-0.15, -0.1) is 10.2 Å². The van der Waals surface area contributed by atoms with Crippen molar-refractivity contribution < 1.29 is 26.1 Å². The fraction of sp³-hybridized carbons (Fsp3) is 0.281. The van der Waals surface area contributed by atoms with Crippen molar-refractivity contribution in [2.24, 2.45) is 0 Å². The summed E-state index contributed by atoms with van der Waals surface area (Å²) < 4.78 is 71.5. The normalized spacial score (nSPS) is 14.8. The number of anilines is 2. The van der Waals surface area contributed by atoms with Gasteiger partial charge in [0.15, 0.2) is 17.5 Å². The van der Waals surface area contributed by atoms with Crippen molar-refractivity contribution in [3.63, 3.8) is 0 Å². The summed E-state index contributed by atoms with van der Waals surface area (Å²) in [6, 6.07) is 47.8. The molecule has 0 amide bonds. The van der Waals surface area contributed by atoms with Gasteiger partial charge in [0.2, 0.25) is 25.3 Å². The van der Waals surface area contributed by atoms with Crippen molar-refractivity contribution in [2.45, 2.75) is 127 Å². The highest BCUT2D eigenvalue weighted by Gasteiger charge is 2.52. The molecule has 2 unspecified atom stereocenters. The Bertz CT molecular complexity index is 4190. The van der Waals surface area contributed by atoms with E-state index >= 15 is 0 Å². The maximum absolute atomic E-state index is 13.0. The molecule has 1 aliphatic rings. The molecule has 11 rings (SSSR count). The van der Waals surface area contributed by atoms with Gasteiger partial charge >= 0.3 is 7.12 Å².